The molecule has 0 aliphatic carbocycles. The topological polar surface area (TPSA) is 71.4 Å². The summed E-state index contributed by atoms with van der Waals surface area (Å²) in [5, 5.41) is 9.25. The number of carbonyl (C=O) groups is 1. The van der Waals surface area contributed by atoms with Crippen molar-refractivity contribution in [2.45, 2.75) is 12.8 Å². The molecule has 0 aromatic heterocycles. The summed E-state index contributed by atoms with van der Waals surface area (Å²) in [5.41, 5.74) is 0.580. The molecule has 0 spiro atoms. The molecule has 1 N–H and O–H groups in total. The third-order valence-corrected chi connectivity index (χ3v) is 5.29. The van der Waals surface area contributed by atoms with Gasteiger partial charge in [0, 0.05) is 0 Å². The van der Waals surface area contributed by atoms with Gasteiger partial charge in [0.05, 0.1) is 17.4 Å². The maximum absolute atomic E-state index is 13.1. The molecule has 1 heterocycles. The monoisotopic (exact) mass is 286 g/mol. The molecule has 1 saturated heterocycles. The molecule has 0 bridgehead atoms. The molecule has 2 rings (SSSR count). The number of hydrogen-bond donors (Lipinski definition) is 1. The van der Waals surface area contributed by atoms with E-state index >= 15 is 0 Å². The zero-order valence-corrected chi connectivity index (χ0v) is 11.1. The molecule has 1 aliphatic rings. The van der Waals surface area contributed by atoms with Crippen LogP contribution in [0.25, 0.3) is 0 Å². The number of hydrogen-bond acceptors (Lipinski definition) is 3. The van der Waals surface area contributed by atoms with Crippen LogP contribution in [0.5, 0.6) is 0 Å². The first-order chi connectivity index (χ1) is 8.87. The second-order valence-electron chi connectivity index (χ2n) is 4.94. The lowest BCUT2D eigenvalue weighted by atomic mass is 9.86. The van der Waals surface area contributed by atoms with Crippen LogP contribution >= 0.6 is 0 Å². The highest BCUT2D eigenvalue weighted by Crippen LogP contribution is 2.29. The van der Waals surface area contributed by atoms with Gasteiger partial charge >= 0.3 is 5.97 Å². The van der Waals surface area contributed by atoms with E-state index in [2.05, 4.69) is 0 Å². The fourth-order valence-corrected chi connectivity index (χ4v) is 4.39. The van der Waals surface area contributed by atoms with E-state index in [9.17, 15) is 22.7 Å². The van der Waals surface area contributed by atoms with E-state index in [1.54, 1.807) is 6.07 Å². The van der Waals surface area contributed by atoms with Crippen LogP contribution in [0, 0.1) is 17.7 Å². The van der Waals surface area contributed by atoms with Crippen LogP contribution in [-0.4, -0.2) is 31.0 Å². The highest BCUT2D eigenvalue weighted by Gasteiger charge is 2.37. The summed E-state index contributed by atoms with van der Waals surface area (Å²) in [4.78, 5) is 11.3. The molecule has 4 nitrogen and oxygen atoms in total. The van der Waals surface area contributed by atoms with Crippen molar-refractivity contribution in [1.82, 2.24) is 0 Å². The Morgan fingerprint density at radius 3 is 2.74 bits per heavy atom. The molecule has 104 valence electrons. The van der Waals surface area contributed by atoms with E-state index in [0.717, 1.165) is 0 Å². The Hall–Kier alpha value is -1.43. The number of sulfone groups is 1. The lowest BCUT2D eigenvalue weighted by molar-refractivity contribution is -0.143. The van der Waals surface area contributed by atoms with Gasteiger partial charge in [-0.3, -0.25) is 4.79 Å². The Morgan fingerprint density at radius 1 is 1.47 bits per heavy atom. The summed E-state index contributed by atoms with van der Waals surface area (Å²) in [5.74, 6) is -2.64. The van der Waals surface area contributed by atoms with Crippen molar-refractivity contribution >= 4 is 15.8 Å². The average Bonchev–Trinajstić information content (AvgIpc) is 2.66. The van der Waals surface area contributed by atoms with Gasteiger partial charge in [-0.1, -0.05) is 12.1 Å². The molecule has 1 aromatic carbocycles. The van der Waals surface area contributed by atoms with Gasteiger partial charge in [0.1, 0.15) is 5.82 Å². The van der Waals surface area contributed by atoms with Crippen LogP contribution < -0.4 is 0 Å². The molecular weight excluding hydrogens is 271 g/mol. The normalized spacial score (nSPS) is 23.1. The molecule has 1 aliphatic heterocycles. The van der Waals surface area contributed by atoms with E-state index in [1.807, 2.05) is 0 Å². The fourth-order valence-electron chi connectivity index (χ4n) is 2.51. The minimum atomic E-state index is -3.11. The van der Waals surface area contributed by atoms with E-state index in [4.69, 9.17) is 0 Å². The molecular formula is C13H15FO4S. The van der Waals surface area contributed by atoms with Gasteiger partial charge in [-0.15, -0.1) is 0 Å². The highest BCUT2D eigenvalue weighted by molar-refractivity contribution is 7.91. The van der Waals surface area contributed by atoms with Crippen molar-refractivity contribution in [2.24, 2.45) is 11.8 Å². The van der Waals surface area contributed by atoms with E-state index in [1.165, 1.54) is 18.2 Å². The summed E-state index contributed by atoms with van der Waals surface area (Å²) in [7, 11) is -3.11. The second kappa shape index (κ2) is 5.28. The Morgan fingerprint density at radius 2 is 2.21 bits per heavy atom. The number of rotatable bonds is 4. The Bertz CT molecular complexity index is 582. The van der Waals surface area contributed by atoms with Gasteiger partial charge in [-0.25, -0.2) is 12.8 Å². The van der Waals surface area contributed by atoms with Crippen molar-refractivity contribution in [3.8, 4) is 0 Å². The number of carboxylic acid groups (broad SMARTS) is 1. The van der Waals surface area contributed by atoms with Crippen LogP contribution in [0.15, 0.2) is 24.3 Å². The van der Waals surface area contributed by atoms with Crippen LogP contribution in [-0.2, 0) is 21.1 Å². The van der Waals surface area contributed by atoms with Gasteiger partial charge in [0.25, 0.3) is 0 Å². The number of carboxylic acids is 1. The van der Waals surface area contributed by atoms with Crippen molar-refractivity contribution in [2.75, 3.05) is 11.5 Å². The highest BCUT2D eigenvalue weighted by atomic mass is 32.2. The molecule has 0 saturated carbocycles. The molecule has 0 radical (unpaired) electrons. The predicted molar refractivity (Wildman–Crippen MR) is 68.0 cm³/mol. The van der Waals surface area contributed by atoms with Crippen LogP contribution in [0.1, 0.15) is 12.0 Å². The minimum Gasteiger partial charge on any atom is -0.481 e. The predicted octanol–water partition coefficient (Wildman–Crippen LogP) is 1.50. The zero-order chi connectivity index (χ0) is 14.0. The maximum atomic E-state index is 13.1. The fraction of sp³-hybridized carbons (Fsp3) is 0.462. The molecule has 6 heteroatoms. The standard InChI is InChI=1S/C13H15FO4S/c14-11-3-1-2-9(6-11)7-12(13(15)16)10-4-5-19(17,18)8-10/h1-3,6,10,12H,4-5,7-8H2,(H,15,16). The van der Waals surface area contributed by atoms with Crippen molar-refractivity contribution in [3.05, 3.63) is 35.6 Å². The Kier molecular flexibility index (Phi) is 3.89. The third-order valence-electron chi connectivity index (χ3n) is 3.50. The number of halogens is 1. The van der Waals surface area contributed by atoms with E-state index < -0.39 is 27.5 Å². The van der Waals surface area contributed by atoms with E-state index in [-0.39, 0.29) is 23.8 Å². The first-order valence-electron chi connectivity index (χ1n) is 6.05. The van der Waals surface area contributed by atoms with Crippen LogP contribution in [0.2, 0.25) is 0 Å². The van der Waals surface area contributed by atoms with Gasteiger partial charge in [0.2, 0.25) is 0 Å². The zero-order valence-electron chi connectivity index (χ0n) is 10.3. The van der Waals surface area contributed by atoms with E-state index in [0.29, 0.717) is 12.0 Å². The number of benzene rings is 1. The molecule has 2 atom stereocenters. The van der Waals surface area contributed by atoms with Crippen molar-refractivity contribution in [3.63, 3.8) is 0 Å². The van der Waals surface area contributed by atoms with Gasteiger partial charge in [-0.05, 0) is 36.5 Å². The first-order valence-corrected chi connectivity index (χ1v) is 7.87. The summed E-state index contributed by atoms with van der Waals surface area (Å²) in [6, 6.07) is 5.76. The van der Waals surface area contributed by atoms with Crippen LogP contribution in [0.4, 0.5) is 4.39 Å². The lowest BCUT2D eigenvalue weighted by Crippen LogP contribution is -2.26. The second-order valence-corrected chi connectivity index (χ2v) is 7.17. The van der Waals surface area contributed by atoms with Gasteiger partial charge in [0.15, 0.2) is 9.84 Å². The first kappa shape index (κ1) is 14.0. The van der Waals surface area contributed by atoms with Gasteiger partial charge < -0.3 is 5.11 Å². The van der Waals surface area contributed by atoms with Crippen molar-refractivity contribution in [1.29, 1.82) is 0 Å². The van der Waals surface area contributed by atoms with Crippen LogP contribution in [0.3, 0.4) is 0 Å². The molecule has 1 fully saturated rings. The lowest BCUT2D eigenvalue weighted by Gasteiger charge is -2.18. The summed E-state index contributed by atoms with van der Waals surface area (Å²) >= 11 is 0. The summed E-state index contributed by atoms with van der Waals surface area (Å²) in [6.07, 6.45) is 0.530. The Balaban J connectivity index is 2.16. The Labute approximate surface area is 111 Å². The van der Waals surface area contributed by atoms with Gasteiger partial charge in [-0.2, -0.15) is 0 Å². The largest absolute Gasteiger partial charge is 0.481 e. The molecule has 2 unspecified atom stereocenters. The average molecular weight is 286 g/mol. The molecule has 1 aromatic rings. The quantitative estimate of drug-likeness (QED) is 0.910. The van der Waals surface area contributed by atoms with Crippen molar-refractivity contribution < 1.29 is 22.7 Å². The number of aliphatic carboxylic acids is 1. The maximum Gasteiger partial charge on any atom is 0.307 e. The smallest absolute Gasteiger partial charge is 0.307 e. The summed E-state index contributed by atoms with van der Waals surface area (Å²) in [6.45, 7) is 0. The minimum absolute atomic E-state index is 0.0462. The molecule has 19 heavy (non-hydrogen) atoms. The summed E-state index contributed by atoms with van der Waals surface area (Å²) < 4.78 is 35.9. The molecule has 0 amide bonds. The SMILES string of the molecule is O=C(O)C(Cc1cccc(F)c1)C1CCS(=O)(=O)C1. The third kappa shape index (κ3) is 3.53.